The van der Waals surface area contributed by atoms with Gasteiger partial charge in [-0.25, -0.2) is 0 Å². The third-order valence-corrected chi connectivity index (χ3v) is 7.76. The second kappa shape index (κ2) is 9.29. The molecule has 2 aliphatic rings. The molecular weight excluding hydrogens is 412 g/mol. The minimum Gasteiger partial charge on any atom is -0.387 e. The first-order valence-electron chi connectivity index (χ1n) is 13.1. The van der Waals surface area contributed by atoms with Crippen LogP contribution in [0.25, 0.3) is 6.08 Å². The molecule has 2 aromatic rings. The lowest BCUT2D eigenvalue weighted by molar-refractivity contribution is 0.417. The predicted molar refractivity (Wildman–Crippen MR) is 148 cm³/mol. The van der Waals surface area contributed by atoms with Crippen molar-refractivity contribution in [2.75, 3.05) is 4.90 Å². The molecular formula is C32H44N2. The van der Waals surface area contributed by atoms with Crippen LogP contribution in [0.4, 0.5) is 5.69 Å². The molecule has 0 spiro atoms. The summed E-state index contributed by atoms with van der Waals surface area (Å²) in [5, 5.41) is 3.40. The Balaban J connectivity index is 1.66. The van der Waals surface area contributed by atoms with Crippen molar-refractivity contribution in [2.45, 2.75) is 98.1 Å². The van der Waals surface area contributed by atoms with E-state index in [0.29, 0.717) is 12.0 Å². The Kier molecular flexibility index (Phi) is 6.73. The van der Waals surface area contributed by atoms with Crippen molar-refractivity contribution in [1.29, 1.82) is 0 Å². The maximum absolute atomic E-state index is 3.40. The Bertz CT molecular complexity index is 1090. The highest BCUT2D eigenvalue weighted by Crippen LogP contribution is 2.43. The van der Waals surface area contributed by atoms with Crippen molar-refractivity contribution in [3.05, 3.63) is 82.2 Å². The molecule has 0 fully saturated rings. The maximum atomic E-state index is 3.40. The summed E-state index contributed by atoms with van der Waals surface area (Å²) in [5.41, 5.74) is 10.4. The van der Waals surface area contributed by atoms with Crippen molar-refractivity contribution >= 4 is 11.8 Å². The average Bonchev–Trinajstić information content (AvgIpc) is 2.80. The second-order valence-corrected chi connectivity index (χ2v) is 12.3. The Morgan fingerprint density at radius 3 is 2.38 bits per heavy atom. The fourth-order valence-electron chi connectivity index (χ4n) is 5.87. The Morgan fingerprint density at radius 1 is 0.941 bits per heavy atom. The summed E-state index contributed by atoms with van der Waals surface area (Å²) in [6, 6.07) is 14.1. The van der Waals surface area contributed by atoms with Crippen molar-refractivity contribution in [1.82, 2.24) is 5.32 Å². The quantitative estimate of drug-likeness (QED) is 0.472. The van der Waals surface area contributed by atoms with E-state index in [1.54, 1.807) is 5.56 Å². The molecule has 2 aromatic carbocycles. The Morgan fingerprint density at radius 2 is 1.68 bits per heavy atom. The number of benzene rings is 2. The van der Waals surface area contributed by atoms with Crippen LogP contribution in [0.3, 0.4) is 0 Å². The standard InChI is InChI=1S/C32H44N2/c1-22(2)28-16-14-24-11-9-10-12-29(24)34(28)23(3)17-19-32(7,8)30-26-18-20-33-21-25(26)13-15-27(30)31(4,5)6/h9-13,15-16,18,20,22-23,33H,14,17,19,21H2,1-8H3. The van der Waals surface area contributed by atoms with E-state index >= 15 is 0 Å². The number of nitrogens with one attached hydrogen (secondary N) is 1. The highest BCUT2D eigenvalue weighted by atomic mass is 15.2. The first-order valence-corrected chi connectivity index (χ1v) is 13.1. The lowest BCUT2D eigenvalue weighted by atomic mass is 9.69. The zero-order valence-corrected chi connectivity index (χ0v) is 22.6. The molecule has 2 nitrogen and oxygen atoms in total. The molecule has 2 heteroatoms. The van der Waals surface area contributed by atoms with Gasteiger partial charge in [-0.3, -0.25) is 0 Å². The molecule has 2 heterocycles. The SMILES string of the molecule is CC(C)C1=CCc2ccccc2N1C(C)CCC(C)(C)c1c(C(C)(C)C)ccc2c1C=CNC2. The van der Waals surface area contributed by atoms with Crippen LogP contribution >= 0.6 is 0 Å². The molecule has 1 atom stereocenters. The van der Waals surface area contributed by atoms with E-state index in [0.717, 1.165) is 25.8 Å². The van der Waals surface area contributed by atoms with Crippen LogP contribution in [0.5, 0.6) is 0 Å². The van der Waals surface area contributed by atoms with Gasteiger partial charge in [0, 0.05) is 24.0 Å². The molecule has 34 heavy (non-hydrogen) atoms. The molecule has 0 radical (unpaired) electrons. The van der Waals surface area contributed by atoms with Gasteiger partial charge in [-0.15, -0.1) is 0 Å². The zero-order chi connectivity index (χ0) is 24.7. The fraction of sp³-hybridized carbons (Fsp3) is 0.500. The number of nitrogens with zero attached hydrogens (tertiary/aromatic N) is 1. The largest absolute Gasteiger partial charge is 0.387 e. The van der Waals surface area contributed by atoms with E-state index in [1.807, 2.05) is 0 Å². The summed E-state index contributed by atoms with van der Waals surface area (Å²) in [6.45, 7) is 20.0. The second-order valence-electron chi connectivity index (χ2n) is 12.3. The summed E-state index contributed by atoms with van der Waals surface area (Å²) >= 11 is 0. The molecule has 0 aliphatic carbocycles. The van der Waals surface area contributed by atoms with Crippen LogP contribution < -0.4 is 10.2 Å². The van der Waals surface area contributed by atoms with Crippen LogP contribution in [-0.2, 0) is 23.8 Å². The van der Waals surface area contributed by atoms with Gasteiger partial charge in [0.1, 0.15) is 0 Å². The van der Waals surface area contributed by atoms with Crippen LogP contribution in [0.2, 0.25) is 0 Å². The summed E-state index contributed by atoms with van der Waals surface area (Å²) < 4.78 is 0. The monoisotopic (exact) mass is 456 g/mol. The maximum Gasteiger partial charge on any atom is 0.0446 e. The van der Waals surface area contributed by atoms with Gasteiger partial charge < -0.3 is 10.2 Å². The van der Waals surface area contributed by atoms with Gasteiger partial charge in [0.2, 0.25) is 0 Å². The molecule has 0 amide bonds. The fourth-order valence-corrected chi connectivity index (χ4v) is 5.87. The zero-order valence-electron chi connectivity index (χ0n) is 22.6. The average molecular weight is 457 g/mol. The van der Waals surface area contributed by atoms with Gasteiger partial charge in [-0.2, -0.15) is 0 Å². The minimum absolute atomic E-state index is 0.0842. The number of hydrogen-bond donors (Lipinski definition) is 1. The lowest BCUT2D eigenvalue weighted by Crippen LogP contribution is -2.38. The molecule has 0 bridgehead atoms. The number of para-hydroxylation sites is 1. The number of anilines is 1. The molecule has 0 saturated heterocycles. The highest BCUT2D eigenvalue weighted by Gasteiger charge is 2.33. The topological polar surface area (TPSA) is 15.3 Å². The molecule has 1 N–H and O–H groups in total. The number of hydrogen-bond acceptors (Lipinski definition) is 2. The van der Waals surface area contributed by atoms with Crippen LogP contribution in [-0.4, -0.2) is 6.04 Å². The Labute approximate surface area is 208 Å². The van der Waals surface area contributed by atoms with Gasteiger partial charge in [-0.05, 0) is 89.1 Å². The first kappa shape index (κ1) is 24.6. The van der Waals surface area contributed by atoms with E-state index in [1.165, 1.54) is 33.6 Å². The summed E-state index contributed by atoms with van der Waals surface area (Å²) in [4.78, 5) is 2.63. The van der Waals surface area contributed by atoms with Crippen molar-refractivity contribution in [2.24, 2.45) is 5.92 Å². The predicted octanol–water partition coefficient (Wildman–Crippen LogP) is 8.11. The van der Waals surface area contributed by atoms with E-state index in [-0.39, 0.29) is 10.8 Å². The minimum atomic E-state index is 0.0842. The molecule has 0 aromatic heterocycles. The molecule has 182 valence electrons. The highest BCUT2D eigenvalue weighted by molar-refractivity contribution is 5.65. The van der Waals surface area contributed by atoms with Crippen LogP contribution in [0.1, 0.15) is 96.0 Å². The van der Waals surface area contributed by atoms with Crippen molar-refractivity contribution < 1.29 is 0 Å². The number of rotatable bonds is 6. The summed E-state index contributed by atoms with van der Waals surface area (Å²) in [6.07, 6.45) is 10.2. The molecule has 4 rings (SSSR count). The van der Waals surface area contributed by atoms with E-state index in [2.05, 4.69) is 120 Å². The van der Waals surface area contributed by atoms with Crippen molar-refractivity contribution in [3.63, 3.8) is 0 Å². The summed E-state index contributed by atoms with van der Waals surface area (Å²) in [7, 11) is 0. The summed E-state index contributed by atoms with van der Waals surface area (Å²) in [5.74, 6) is 0.523. The van der Waals surface area contributed by atoms with Crippen molar-refractivity contribution in [3.8, 4) is 0 Å². The van der Waals surface area contributed by atoms with Crippen LogP contribution in [0.15, 0.2) is 54.4 Å². The number of allylic oxidation sites excluding steroid dienone is 2. The van der Waals surface area contributed by atoms with E-state index in [4.69, 9.17) is 0 Å². The third kappa shape index (κ3) is 4.69. The van der Waals surface area contributed by atoms with Gasteiger partial charge in [0.25, 0.3) is 0 Å². The van der Waals surface area contributed by atoms with E-state index < -0.39 is 0 Å². The molecule has 2 aliphatic heterocycles. The molecule has 0 saturated carbocycles. The third-order valence-electron chi connectivity index (χ3n) is 7.76. The number of fused-ring (bicyclic) bond motifs is 2. The normalized spacial score (nSPS) is 16.6. The first-order chi connectivity index (χ1) is 16.0. The van der Waals surface area contributed by atoms with E-state index in [9.17, 15) is 0 Å². The van der Waals surface area contributed by atoms with Crippen LogP contribution in [0, 0.1) is 5.92 Å². The lowest BCUT2D eigenvalue weighted by Gasteiger charge is -2.41. The molecule has 1 unspecified atom stereocenters. The van der Waals surface area contributed by atoms with Gasteiger partial charge >= 0.3 is 0 Å². The van der Waals surface area contributed by atoms with Gasteiger partial charge in [-0.1, -0.05) is 84.9 Å². The Hall–Kier alpha value is -2.48. The van der Waals surface area contributed by atoms with Gasteiger partial charge in [0.15, 0.2) is 0 Å². The van der Waals surface area contributed by atoms with Gasteiger partial charge in [0.05, 0.1) is 0 Å². The smallest absolute Gasteiger partial charge is 0.0446 e.